The van der Waals surface area contributed by atoms with Crippen molar-refractivity contribution in [3.8, 4) is 5.69 Å². The van der Waals surface area contributed by atoms with Crippen LogP contribution in [0.1, 0.15) is 13.3 Å². The molecule has 0 aliphatic carbocycles. The first-order valence-corrected chi connectivity index (χ1v) is 7.37. The van der Waals surface area contributed by atoms with E-state index in [2.05, 4.69) is 25.4 Å². The standard InChI is InChI=1S/C15H15ClN6O/c1-10-4-12(23)6-15(19-8-18-10)21-14-3-2-11(5-13(14)16)22-9-17-7-20-22/h2-3,5-9,12,21,23H,4H2,1H3/b15-6?,18-10?,19-8-. The molecule has 1 aliphatic heterocycles. The van der Waals surface area contributed by atoms with E-state index >= 15 is 0 Å². The number of rotatable bonds is 3. The second kappa shape index (κ2) is 6.72. The maximum Gasteiger partial charge on any atom is 0.138 e. The summed E-state index contributed by atoms with van der Waals surface area (Å²) in [5, 5.41) is 17.6. The molecular weight excluding hydrogens is 316 g/mol. The molecule has 2 heterocycles. The Balaban J connectivity index is 1.83. The van der Waals surface area contributed by atoms with Crippen LogP contribution in [-0.4, -0.2) is 38.0 Å². The number of nitrogens with one attached hydrogen (secondary N) is 1. The summed E-state index contributed by atoms with van der Waals surface area (Å²) in [4.78, 5) is 12.2. The van der Waals surface area contributed by atoms with Crippen molar-refractivity contribution in [3.05, 3.63) is 47.8 Å². The van der Waals surface area contributed by atoms with E-state index in [1.807, 2.05) is 19.1 Å². The van der Waals surface area contributed by atoms with Crippen LogP contribution in [-0.2, 0) is 0 Å². The highest BCUT2D eigenvalue weighted by Gasteiger charge is 2.09. The lowest BCUT2D eigenvalue weighted by atomic mass is 10.1. The maximum atomic E-state index is 9.95. The number of anilines is 1. The van der Waals surface area contributed by atoms with Crippen molar-refractivity contribution in [3.63, 3.8) is 0 Å². The smallest absolute Gasteiger partial charge is 0.138 e. The van der Waals surface area contributed by atoms with Gasteiger partial charge in [0.15, 0.2) is 0 Å². The molecule has 1 atom stereocenters. The number of halogens is 1. The molecule has 0 fully saturated rings. The van der Waals surface area contributed by atoms with Crippen LogP contribution >= 0.6 is 11.6 Å². The minimum absolute atomic E-state index is 0.468. The number of aliphatic hydroxyl groups excluding tert-OH is 1. The zero-order valence-corrected chi connectivity index (χ0v) is 13.1. The van der Waals surface area contributed by atoms with Gasteiger partial charge < -0.3 is 10.4 Å². The lowest BCUT2D eigenvalue weighted by Gasteiger charge is -2.13. The zero-order valence-electron chi connectivity index (χ0n) is 12.4. The average Bonchev–Trinajstić information content (AvgIpc) is 3.01. The van der Waals surface area contributed by atoms with Gasteiger partial charge in [-0.15, -0.1) is 0 Å². The number of aromatic nitrogens is 3. The van der Waals surface area contributed by atoms with Crippen LogP contribution in [0.2, 0.25) is 5.02 Å². The molecule has 0 saturated heterocycles. The fourth-order valence-corrected chi connectivity index (χ4v) is 2.35. The summed E-state index contributed by atoms with van der Waals surface area (Å²) in [6.07, 6.45) is 5.96. The van der Waals surface area contributed by atoms with Gasteiger partial charge in [-0.3, -0.25) is 0 Å². The Morgan fingerprint density at radius 3 is 3.00 bits per heavy atom. The number of nitrogens with zero attached hydrogens (tertiary/aromatic N) is 5. The highest BCUT2D eigenvalue weighted by atomic mass is 35.5. The van der Waals surface area contributed by atoms with Gasteiger partial charge in [0, 0.05) is 12.1 Å². The normalized spacial score (nSPS) is 19.3. The number of hydrogen-bond acceptors (Lipinski definition) is 6. The molecule has 2 aromatic rings. The van der Waals surface area contributed by atoms with Crippen LogP contribution in [0.4, 0.5) is 5.69 Å². The summed E-state index contributed by atoms with van der Waals surface area (Å²) in [7, 11) is 0. The highest BCUT2D eigenvalue weighted by Crippen LogP contribution is 2.26. The van der Waals surface area contributed by atoms with Gasteiger partial charge in [0.05, 0.1) is 22.5 Å². The van der Waals surface area contributed by atoms with Gasteiger partial charge in [0.1, 0.15) is 24.8 Å². The molecule has 0 radical (unpaired) electrons. The minimum atomic E-state index is -0.646. The fraction of sp³-hybridized carbons (Fsp3) is 0.200. The molecule has 0 amide bonds. The number of hydrogen-bond donors (Lipinski definition) is 2. The Bertz CT molecular complexity index is 781. The largest absolute Gasteiger partial charge is 0.389 e. The molecule has 1 unspecified atom stereocenters. The highest BCUT2D eigenvalue weighted by molar-refractivity contribution is 6.33. The second-order valence-corrected chi connectivity index (χ2v) is 5.47. The van der Waals surface area contributed by atoms with E-state index in [1.54, 1.807) is 23.2 Å². The predicted molar refractivity (Wildman–Crippen MR) is 90.3 cm³/mol. The van der Waals surface area contributed by atoms with Gasteiger partial charge in [0.2, 0.25) is 0 Å². The second-order valence-electron chi connectivity index (χ2n) is 5.06. The number of aliphatic imine (C=N–C) groups is 2. The van der Waals surface area contributed by atoms with Crippen molar-refractivity contribution in [1.82, 2.24) is 14.8 Å². The summed E-state index contributed by atoms with van der Waals surface area (Å²) in [6.45, 7) is 1.85. The van der Waals surface area contributed by atoms with Crippen LogP contribution in [0.3, 0.4) is 0 Å². The van der Waals surface area contributed by atoms with Gasteiger partial charge >= 0.3 is 0 Å². The van der Waals surface area contributed by atoms with Crippen LogP contribution in [0.15, 0.2) is 52.7 Å². The molecule has 23 heavy (non-hydrogen) atoms. The first kappa shape index (κ1) is 15.4. The molecule has 1 aliphatic rings. The Kier molecular flexibility index (Phi) is 4.50. The van der Waals surface area contributed by atoms with Crippen molar-refractivity contribution in [2.75, 3.05) is 5.32 Å². The van der Waals surface area contributed by atoms with Crippen LogP contribution in [0, 0.1) is 0 Å². The van der Waals surface area contributed by atoms with E-state index in [1.165, 1.54) is 12.7 Å². The van der Waals surface area contributed by atoms with E-state index in [0.29, 0.717) is 23.0 Å². The molecule has 0 saturated carbocycles. The molecule has 118 valence electrons. The Labute approximate surface area is 138 Å². The quantitative estimate of drug-likeness (QED) is 0.904. The summed E-state index contributed by atoms with van der Waals surface area (Å²) < 4.78 is 1.62. The van der Waals surface area contributed by atoms with Crippen molar-refractivity contribution in [2.45, 2.75) is 19.4 Å². The van der Waals surface area contributed by atoms with Crippen molar-refractivity contribution in [1.29, 1.82) is 0 Å². The summed E-state index contributed by atoms with van der Waals surface area (Å²) in [6, 6.07) is 5.44. The molecule has 0 bridgehead atoms. The molecule has 8 heteroatoms. The lowest BCUT2D eigenvalue weighted by Crippen LogP contribution is -2.13. The average molecular weight is 331 g/mol. The third kappa shape index (κ3) is 3.82. The van der Waals surface area contributed by atoms with Crippen molar-refractivity contribution < 1.29 is 5.11 Å². The summed E-state index contributed by atoms with van der Waals surface area (Å²) >= 11 is 6.30. The monoisotopic (exact) mass is 330 g/mol. The van der Waals surface area contributed by atoms with Gasteiger partial charge in [-0.25, -0.2) is 19.7 Å². The van der Waals surface area contributed by atoms with Crippen molar-refractivity contribution in [2.24, 2.45) is 9.98 Å². The third-order valence-corrected chi connectivity index (χ3v) is 3.54. The zero-order chi connectivity index (χ0) is 16.2. The Hall–Kier alpha value is -2.51. The van der Waals surface area contributed by atoms with E-state index in [-0.39, 0.29) is 0 Å². The molecule has 3 rings (SSSR count). The van der Waals surface area contributed by atoms with Crippen molar-refractivity contribution >= 4 is 29.3 Å². The Morgan fingerprint density at radius 2 is 2.26 bits per heavy atom. The van der Waals surface area contributed by atoms with Crippen LogP contribution in [0.5, 0.6) is 0 Å². The first-order valence-electron chi connectivity index (χ1n) is 6.99. The van der Waals surface area contributed by atoms with Gasteiger partial charge in [-0.1, -0.05) is 11.6 Å². The summed E-state index contributed by atoms with van der Waals surface area (Å²) in [5.41, 5.74) is 2.30. The predicted octanol–water partition coefficient (Wildman–Crippen LogP) is 2.43. The first-order chi connectivity index (χ1) is 11.1. The van der Waals surface area contributed by atoms with E-state index in [0.717, 1.165) is 11.4 Å². The molecule has 7 nitrogen and oxygen atoms in total. The van der Waals surface area contributed by atoms with E-state index < -0.39 is 6.10 Å². The van der Waals surface area contributed by atoms with Gasteiger partial charge in [0.25, 0.3) is 0 Å². The molecular formula is C15H15ClN6O. The lowest BCUT2D eigenvalue weighted by molar-refractivity contribution is 0.230. The summed E-state index contributed by atoms with van der Waals surface area (Å²) in [5.74, 6) is 0.490. The molecule has 1 aromatic carbocycles. The third-order valence-electron chi connectivity index (χ3n) is 3.23. The fourth-order valence-electron chi connectivity index (χ4n) is 2.13. The SMILES string of the molecule is CC1=N/C=N\C(Nc2ccc(-n3cncn3)cc2Cl)=CC(O)C1. The van der Waals surface area contributed by atoms with E-state index in [9.17, 15) is 5.11 Å². The maximum absolute atomic E-state index is 9.95. The molecule has 0 spiro atoms. The Morgan fingerprint density at radius 1 is 1.39 bits per heavy atom. The van der Waals surface area contributed by atoms with Gasteiger partial charge in [-0.05, 0) is 31.2 Å². The van der Waals surface area contributed by atoms with Crippen LogP contribution in [0.25, 0.3) is 5.69 Å². The number of aliphatic hydroxyl groups is 1. The topological polar surface area (TPSA) is 87.7 Å². The molecule has 1 aromatic heterocycles. The minimum Gasteiger partial charge on any atom is -0.389 e. The van der Waals surface area contributed by atoms with Gasteiger partial charge in [-0.2, -0.15) is 5.10 Å². The van der Waals surface area contributed by atoms with Crippen LogP contribution < -0.4 is 5.32 Å². The van der Waals surface area contributed by atoms with E-state index in [4.69, 9.17) is 11.6 Å². The molecule has 2 N–H and O–H groups in total. The number of benzene rings is 1.